The number of carbonyl (C=O) groups is 2. The number of thioether (sulfide) groups is 1. The lowest BCUT2D eigenvalue weighted by atomic mass is 10.2. The van der Waals surface area contributed by atoms with Crippen LogP contribution in [-0.2, 0) is 11.5 Å². The minimum absolute atomic E-state index is 0.0485. The Bertz CT molecular complexity index is 623. The molecule has 2 N–H and O–H groups in total. The van der Waals surface area contributed by atoms with Gasteiger partial charge in [-0.15, -0.1) is 11.8 Å². The molecule has 0 radical (unpaired) electrons. The second-order valence-corrected chi connectivity index (χ2v) is 5.50. The molecule has 0 unspecified atom stereocenters. The molecule has 2 aromatic rings. The Morgan fingerprint density at radius 1 is 1.05 bits per heavy atom. The van der Waals surface area contributed by atoms with Crippen LogP contribution in [-0.4, -0.2) is 22.2 Å². The molecule has 0 aliphatic heterocycles. The monoisotopic (exact) mass is 310 g/mol. The first-order valence-corrected chi connectivity index (χ1v) is 7.27. The molecule has 7 heteroatoms. The van der Waals surface area contributed by atoms with Crippen LogP contribution in [0.1, 0.15) is 43.8 Å². The number of furan rings is 2. The molecular weight excluding hydrogens is 296 g/mol. The Hall–Kier alpha value is -2.15. The van der Waals surface area contributed by atoms with Gasteiger partial charge in [-0.05, 0) is 26.0 Å². The maximum atomic E-state index is 10.9. The molecule has 0 aromatic carbocycles. The van der Waals surface area contributed by atoms with E-state index in [1.807, 2.05) is 0 Å². The van der Waals surface area contributed by atoms with Gasteiger partial charge in [0.05, 0.1) is 11.5 Å². The molecule has 0 amide bonds. The molecule has 2 heterocycles. The number of hydrogen-bond acceptors (Lipinski definition) is 5. The van der Waals surface area contributed by atoms with E-state index in [-0.39, 0.29) is 11.3 Å². The number of hydrogen-bond donors (Lipinski definition) is 2. The lowest BCUT2D eigenvalue weighted by Gasteiger charge is -1.96. The molecule has 6 nitrogen and oxygen atoms in total. The predicted molar refractivity (Wildman–Crippen MR) is 75.8 cm³/mol. The Morgan fingerprint density at radius 2 is 1.67 bits per heavy atom. The highest BCUT2D eigenvalue weighted by molar-refractivity contribution is 7.97. The predicted octanol–water partition coefficient (Wildman–Crippen LogP) is 3.32. The topological polar surface area (TPSA) is 101 Å². The summed E-state index contributed by atoms with van der Waals surface area (Å²) in [5.74, 6) is 0.324. The van der Waals surface area contributed by atoms with E-state index >= 15 is 0 Å². The van der Waals surface area contributed by atoms with E-state index in [2.05, 4.69) is 0 Å². The fourth-order valence-electron chi connectivity index (χ4n) is 1.91. The highest BCUT2D eigenvalue weighted by atomic mass is 32.2. The first kappa shape index (κ1) is 15.2. The Kier molecular flexibility index (Phi) is 4.42. The van der Waals surface area contributed by atoms with Crippen LogP contribution in [0.3, 0.4) is 0 Å². The van der Waals surface area contributed by atoms with Crippen molar-refractivity contribution in [2.75, 3.05) is 0 Å². The summed E-state index contributed by atoms with van der Waals surface area (Å²) >= 11 is 1.45. The van der Waals surface area contributed by atoms with E-state index in [9.17, 15) is 9.59 Å². The lowest BCUT2D eigenvalue weighted by Crippen LogP contribution is -1.95. The Balaban J connectivity index is 1.95. The van der Waals surface area contributed by atoms with E-state index < -0.39 is 11.9 Å². The number of aryl methyl sites for hydroxylation is 2. The van der Waals surface area contributed by atoms with Gasteiger partial charge in [0.15, 0.2) is 0 Å². The summed E-state index contributed by atoms with van der Waals surface area (Å²) in [5.41, 5.74) is 0.743. The zero-order valence-corrected chi connectivity index (χ0v) is 12.3. The minimum atomic E-state index is -1.09. The van der Waals surface area contributed by atoms with Crippen LogP contribution in [0.5, 0.6) is 0 Å². The smallest absolute Gasteiger partial charge is 0.372 e. The summed E-state index contributed by atoms with van der Waals surface area (Å²) in [4.78, 5) is 21.8. The molecule has 0 saturated heterocycles. The van der Waals surface area contributed by atoms with Crippen LogP contribution in [0.4, 0.5) is 0 Å². The fourth-order valence-corrected chi connectivity index (χ4v) is 2.70. The standard InChI is InChI=1S/C14H14O6S/c1-7-3-9(20-12(7)14(17)18)5-21-6-10-4-11(13(15)16)8(2)19-10/h3-4H,5-6H2,1-2H3,(H,15,16)(H,17,18). The molecular formula is C14H14O6S. The molecule has 2 aromatic heterocycles. The zero-order chi connectivity index (χ0) is 15.6. The van der Waals surface area contributed by atoms with Crippen LogP contribution in [0, 0.1) is 13.8 Å². The Labute approximate surface area is 124 Å². The molecule has 0 aliphatic carbocycles. The third-order valence-corrected chi connectivity index (χ3v) is 3.83. The third-order valence-electron chi connectivity index (χ3n) is 2.85. The van der Waals surface area contributed by atoms with E-state index in [0.717, 1.165) is 0 Å². The summed E-state index contributed by atoms with van der Waals surface area (Å²) < 4.78 is 10.6. The van der Waals surface area contributed by atoms with E-state index in [1.54, 1.807) is 19.9 Å². The lowest BCUT2D eigenvalue weighted by molar-refractivity contribution is 0.0657. The molecule has 0 fully saturated rings. The van der Waals surface area contributed by atoms with Crippen LogP contribution in [0.2, 0.25) is 0 Å². The van der Waals surface area contributed by atoms with E-state index in [1.165, 1.54) is 17.8 Å². The second-order valence-electron chi connectivity index (χ2n) is 4.51. The fraction of sp³-hybridized carbons (Fsp3) is 0.286. The van der Waals surface area contributed by atoms with Gasteiger partial charge in [0.25, 0.3) is 0 Å². The van der Waals surface area contributed by atoms with E-state index in [4.69, 9.17) is 19.0 Å². The molecule has 112 valence electrons. The van der Waals surface area contributed by atoms with Gasteiger partial charge in [-0.3, -0.25) is 0 Å². The molecule has 2 rings (SSSR count). The third kappa shape index (κ3) is 3.49. The minimum Gasteiger partial charge on any atom is -0.478 e. The SMILES string of the molecule is Cc1cc(CSCc2cc(C(=O)O)c(C)o2)oc1C(=O)O. The maximum Gasteiger partial charge on any atom is 0.372 e. The number of rotatable bonds is 6. The largest absolute Gasteiger partial charge is 0.478 e. The Morgan fingerprint density at radius 3 is 2.14 bits per heavy atom. The maximum absolute atomic E-state index is 10.9. The van der Waals surface area contributed by atoms with Crippen molar-refractivity contribution in [3.8, 4) is 0 Å². The van der Waals surface area contributed by atoms with Crippen LogP contribution in [0.25, 0.3) is 0 Å². The molecule has 0 atom stereocenters. The van der Waals surface area contributed by atoms with Crippen molar-refractivity contribution < 1.29 is 28.6 Å². The second kappa shape index (κ2) is 6.09. The van der Waals surface area contributed by atoms with Gasteiger partial charge in [-0.25, -0.2) is 9.59 Å². The van der Waals surface area contributed by atoms with Crippen molar-refractivity contribution in [2.24, 2.45) is 0 Å². The van der Waals surface area contributed by atoms with Crippen LogP contribution >= 0.6 is 11.8 Å². The summed E-state index contributed by atoms with van der Waals surface area (Å²) in [6, 6.07) is 3.19. The first-order chi connectivity index (χ1) is 9.88. The summed E-state index contributed by atoms with van der Waals surface area (Å²) in [6.45, 7) is 3.28. The van der Waals surface area contributed by atoms with Crippen LogP contribution < -0.4 is 0 Å². The molecule has 0 saturated carbocycles. The first-order valence-electron chi connectivity index (χ1n) is 6.11. The number of carboxylic acid groups (broad SMARTS) is 2. The van der Waals surface area contributed by atoms with Gasteiger partial charge in [-0.1, -0.05) is 0 Å². The van der Waals surface area contributed by atoms with Gasteiger partial charge >= 0.3 is 11.9 Å². The van der Waals surface area contributed by atoms with Crippen molar-refractivity contribution in [2.45, 2.75) is 25.4 Å². The van der Waals surface area contributed by atoms with Gasteiger partial charge in [0, 0.05) is 5.56 Å². The molecule has 0 spiro atoms. The molecule has 0 aliphatic rings. The van der Waals surface area contributed by atoms with Crippen molar-refractivity contribution in [3.63, 3.8) is 0 Å². The van der Waals surface area contributed by atoms with Gasteiger partial charge in [0.2, 0.25) is 5.76 Å². The van der Waals surface area contributed by atoms with Crippen molar-refractivity contribution in [3.05, 3.63) is 46.3 Å². The van der Waals surface area contributed by atoms with E-state index in [0.29, 0.717) is 34.3 Å². The van der Waals surface area contributed by atoms with Crippen molar-refractivity contribution in [1.29, 1.82) is 0 Å². The van der Waals surface area contributed by atoms with Gasteiger partial charge in [-0.2, -0.15) is 0 Å². The average Bonchev–Trinajstić information content (AvgIpc) is 2.93. The van der Waals surface area contributed by atoms with Crippen LogP contribution in [0.15, 0.2) is 21.0 Å². The normalized spacial score (nSPS) is 10.8. The summed E-state index contributed by atoms with van der Waals surface area (Å²) in [5, 5.41) is 17.8. The van der Waals surface area contributed by atoms with Gasteiger partial charge < -0.3 is 19.0 Å². The zero-order valence-electron chi connectivity index (χ0n) is 11.5. The molecule has 0 bridgehead atoms. The molecule has 21 heavy (non-hydrogen) atoms. The van der Waals surface area contributed by atoms with Gasteiger partial charge in [0.1, 0.15) is 22.8 Å². The average molecular weight is 310 g/mol. The highest BCUT2D eigenvalue weighted by Crippen LogP contribution is 2.24. The number of aromatic carboxylic acids is 2. The quantitative estimate of drug-likeness (QED) is 0.843. The van der Waals surface area contributed by atoms with Crippen molar-refractivity contribution in [1.82, 2.24) is 0 Å². The van der Waals surface area contributed by atoms with Crippen molar-refractivity contribution >= 4 is 23.7 Å². The number of carboxylic acids is 2. The summed E-state index contributed by atoms with van der Waals surface area (Å²) in [7, 11) is 0. The summed E-state index contributed by atoms with van der Waals surface area (Å²) in [6.07, 6.45) is 0. The highest BCUT2D eigenvalue weighted by Gasteiger charge is 2.16.